The van der Waals surface area contributed by atoms with E-state index in [1.807, 2.05) is 53.7 Å². The van der Waals surface area contributed by atoms with E-state index in [-0.39, 0.29) is 43.4 Å². The van der Waals surface area contributed by atoms with Crippen LogP contribution in [-0.4, -0.2) is 264 Å². The second-order valence-corrected chi connectivity index (χ2v) is 29.6. The summed E-state index contributed by atoms with van der Waals surface area (Å²) in [5.41, 5.74) is -2.25. The lowest BCUT2D eigenvalue weighted by Crippen LogP contribution is -2.71. The molecule has 0 aromatic carbocycles. The topological polar surface area (TPSA) is 333 Å². The van der Waals surface area contributed by atoms with Crippen LogP contribution in [0.2, 0.25) is 0 Å². The van der Waals surface area contributed by atoms with Crippen LogP contribution < -0.4 is 21.3 Å². The van der Waals surface area contributed by atoms with Gasteiger partial charge in [0.25, 0.3) is 5.91 Å². The molecule has 4 N–H and O–H groups in total. The zero-order valence-electron chi connectivity index (χ0n) is 63.8. The van der Waals surface area contributed by atoms with Gasteiger partial charge >= 0.3 is 18.2 Å². The molecule has 29 heteroatoms. The summed E-state index contributed by atoms with van der Waals surface area (Å²) in [6.45, 7) is 33.3. The summed E-state index contributed by atoms with van der Waals surface area (Å²) in [5, 5.41) is 11.6. The van der Waals surface area contributed by atoms with Crippen LogP contribution in [0.4, 0.5) is 9.59 Å². The van der Waals surface area contributed by atoms with Crippen molar-refractivity contribution < 1.29 is 81.4 Å². The van der Waals surface area contributed by atoms with Crippen molar-refractivity contribution in [1.82, 2.24) is 60.6 Å². The van der Waals surface area contributed by atoms with E-state index in [2.05, 4.69) is 21.3 Å². The summed E-state index contributed by atoms with van der Waals surface area (Å²) in [5.74, 6) is -9.75. The van der Waals surface area contributed by atoms with Crippen LogP contribution in [0.3, 0.4) is 0 Å². The molecule has 2 saturated heterocycles. The van der Waals surface area contributed by atoms with Crippen LogP contribution in [0.5, 0.6) is 0 Å². The van der Waals surface area contributed by atoms with Crippen molar-refractivity contribution in [3.05, 3.63) is 12.2 Å². The van der Waals surface area contributed by atoms with Gasteiger partial charge in [0.15, 0.2) is 6.04 Å². The molecule has 0 bridgehead atoms. The van der Waals surface area contributed by atoms with Crippen LogP contribution in [0, 0.1) is 35.0 Å². The highest BCUT2D eigenvalue weighted by Crippen LogP contribution is 2.35. The smallest absolute Gasteiger partial charge is 0.410 e. The quantitative estimate of drug-likeness (QED) is 0.0460. The number of alkyl carbamates (subject to hydrolysis) is 1. The Bertz CT molecular complexity index is 2860. The fourth-order valence-electron chi connectivity index (χ4n) is 12.4. The fraction of sp³-hybridized carbons (Fsp3) is 0.783. The van der Waals surface area contributed by atoms with Crippen molar-refractivity contribution in [2.45, 2.75) is 255 Å². The summed E-state index contributed by atoms with van der Waals surface area (Å²) in [4.78, 5) is 202. The molecule has 29 nitrogen and oxygen atoms in total. The number of nitrogens with one attached hydrogen (secondary N) is 4. The SMILES string of the molecule is C/C=C\C[C@H](C)[C@H]1ON(C(=O)[C@@H](C(C)C)N(C)C(=O)[C@@H]2CC(C)N(C(=O)[C@@H](C)NC(=O)[C@H](CC(C)C)N(C)C(=O)[C@H](NC(=O)[C@H](N(C)C(=O)[C@@H](C)N(C)C(=O)OC(C)(C)C)C(C)(C)COC(=O)NC)C(C)C)[C@H](C)C(=O)N(C)[C@@H](CC(C)C)C(=O)N2C)[C@@H]1C(=O)N[C@H](CC)C(=O)OC. The zero-order chi connectivity index (χ0) is 75.8. The largest absolute Gasteiger partial charge is 0.467 e. The molecule has 14 atom stereocenters. The zero-order valence-corrected chi connectivity index (χ0v) is 63.8. The minimum atomic E-state index is -1.45. The van der Waals surface area contributed by atoms with Gasteiger partial charge in [-0.05, 0) is 117 Å². The molecule has 2 heterocycles. The van der Waals surface area contributed by atoms with Crippen LogP contribution in [0.1, 0.15) is 171 Å². The van der Waals surface area contributed by atoms with Gasteiger partial charge in [-0.2, -0.15) is 0 Å². The average molecular weight is 1390 g/mol. The third-order valence-corrected chi connectivity index (χ3v) is 18.3. The van der Waals surface area contributed by atoms with Crippen molar-refractivity contribution in [2.75, 3.05) is 63.1 Å². The minimum Gasteiger partial charge on any atom is -0.467 e. The Morgan fingerprint density at radius 2 is 1.31 bits per heavy atom. The number of likely N-dealkylation sites (N-methyl/N-ethyl adjacent to an activating group) is 6. The Morgan fingerprint density at radius 1 is 0.724 bits per heavy atom. The standard InChI is InChI=1S/C69H120N12O17/c1-29-31-32-41(11)53-52(56(83)72-46(30-2)65(92)95-28)81(98-53)64(91)51(40(9)10)78(26)62(89)49-35-42(12)80(45(15)60(87)76(24)48(34-38(5)6)61(88)77(49)25)58(85)43(13)71-55(82)47(33-37(3)4)75(23)63(90)50(39(7)8)73-57(84)54(69(19,20)36-96-66(93)70-21)79(27)59(86)44(14)74(22)67(94)97-68(16,17)18/h29,31,37-54H,30,32-36H2,1-28H3,(H,70,93)(H,71,82)(H,72,83)(H,73,84)/b31-29-/t41-,42?,43+,44+,45+,46+,47-,48-,49-,50+,51+,52-,53+,54-/m0/s1. The van der Waals surface area contributed by atoms with Crippen LogP contribution in [0.15, 0.2) is 12.2 Å². The number of hydrogen-bond acceptors (Lipinski definition) is 17. The van der Waals surface area contributed by atoms with Crippen molar-refractivity contribution >= 4 is 77.2 Å². The highest BCUT2D eigenvalue weighted by atomic mass is 16.7. The van der Waals surface area contributed by atoms with E-state index in [0.29, 0.717) is 6.42 Å². The van der Waals surface area contributed by atoms with E-state index < -0.39 is 185 Å². The molecule has 1 unspecified atom stereocenters. The number of rotatable bonds is 29. The Morgan fingerprint density at radius 3 is 1.80 bits per heavy atom. The number of methoxy groups -OCH3 is 1. The van der Waals surface area contributed by atoms with Crippen LogP contribution in [0.25, 0.3) is 0 Å². The van der Waals surface area contributed by atoms with E-state index in [1.54, 1.807) is 76.2 Å². The maximum atomic E-state index is 15.5. The Labute approximate surface area is 582 Å². The van der Waals surface area contributed by atoms with Gasteiger partial charge in [0.1, 0.15) is 78.7 Å². The summed E-state index contributed by atoms with van der Waals surface area (Å²) in [6, 6.07) is -15.1. The predicted molar refractivity (Wildman–Crippen MR) is 367 cm³/mol. The number of nitrogens with zero attached hydrogens (tertiary/aromatic N) is 8. The van der Waals surface area contributed by atoms with Gasteiger partial charge in [-0.3, -0.25) is 57.7 Å². The lowest BCUT2D eigenvalue weighted by Gasteiger charge is -2.50. The summed E-state index contributed by atoms with van der Waals surface area (Å²) >= 11 is 0. The third kappa shape index (κ3) is 22.0. The first-order valence-electron chi connectivity index (χ1n) is 34.2. The maximum Gasteiger partial charge on any atom is 0.410 e. The van der Waals surface area contributed by atoms with Crippen molar-refractivity contribution in [1.29, 1.82) is 0 Å². The van der Waals surface area contributed by atoms with E-state index in [9.17, 15) is 43.2 Å². The molecule has 0 aromatic rings. The predicted octanol–water partition coefficient (Wildman–Crippen LogP) is 4.34. The fourth-order valence-corrected chi connectivity index (χ4v) is 12.4. The number of allylic oxidation sites excluding steroid dienone is 2. The molecule has 0 aliphatic carbocycles. The lowest BCUT2D eigenvalue weighted by molar-refractivity contribution is -0.321. The van der Waals surface area contributed by atoms with Crippen molar-refractivity contribution in [2.24, 2.45) is 35.0 Å². The second kappa shape index (κ2) is 37.0. The molecular formula is C69H120N12O17. The summed E-state index contributed by atoms with van der Waals surface area (Å²) in [7, 11) is 10.9. The molecule has 2 fully saturated rings. The molecule has 0 aromatic heterocycles. The number of ether oxygens (including phenoxy) is 3. The lowest BCUT2D eigenvalue weighted by atomic mass is 9.83. The maximum absolute atomic E-state index is 15.5. The van der Waals surface area contributed by atoms with Gasteiger partial charge in [-0.15, -0.1) is 0 Å². The number of hydrogen-bond donors (Lipinski definition) is 4. The van der Waals surface area contributed by atoms with E-state index in [0.717, 1.165) is 14.9 Å². The van der Waals surface area contributed by atoms with Crippen molar-refractivity contribution in [3.63, 3.8) is 0 Å². The van der Waals surface area contributed by atoms with Gasteiger partial charge in [0.05, 0.1) is 7.11 Å². The first-order valence-corrected chi connectivity index (χ1v) is 34.2. The highest BCUT2D eigenvalue weighted by molar-refractivity contribution is 6.00. The Kier molecular flexibility index (Phi) is 32.7. The molecule has 0 spiro atoms. The summed E-state index contributed by atoms with van der Waals surface area (Å²) in [6.07, 6.45) is 1.91. The Balaban J connectivity index is 2.75. The number of hydroxylamine groups is 2. The van der Waals surface area contributed by atoms with Crippen molar-refractivity contribution in [3.8, 4) is 0 Å². The van der Waals surface area contributed by atoms with Crippen LogP contribution in [-0.2, 0) is 71.8 Å². The molecule has 0 radical (unpaired) electrons. The van der Waals surface area contributed by atoms with E-state index in [1.165, 1.54) is 102 Å². The van der Waals surface area contributed by atoms with Gasteiger partial charge in [0, 0.05) is 60.8 Å². The molecule has 12 amide bonds. The van der Waals surface area contributed by atoms with Crippen LogP contribution >= 0.6 is 0 Å². The van der Waals surface area contributed by atoms with Gasteiger partial charge in [-0.25, -0.2) is 19.4 Å². The monoisotopic (exact) mass is 1390 g/mol. The molecule has 98 heavy (non-hydrogen) atoms. The number of carbonyl (C=O) groups excluding carboxylic acids is 13. The Hall–Kier alpha value is -7.59. The van der Waals surface area contributed by atoms with Gasteiger partial charge in [-0.1, -0.05) is 95.2 Å². The highest BCUT2D eigenvalue weighted by Gasteiger charge is 2.55. The van der Waals surface area contributed by atoms with E-state index in [4.69, 9.17) is 19.0 Å². The normalized spacial score (nSPS) is 21.2. The van der Waals surface area contributed by atoms with Gasteiger partial charge in [0.2, 0.25) is 53.2 Å². The molecule has 2 aliphatic heterocycles. The minimum absolute atomic E-state index is 0.0534. The molecule has 2 rings (SSSR count). The molecule has 558 valence electrons. The molecule has 2 aliphatic rings. The molecular weight excluding hydrogens is 1270 g/mol. The average Bonchev–Trinajstić information content (AvgIpc) is 0.758. The van der Waals surface area contributed by atoms with Gasteiger partial charge < -0.3 is 64.9 Å². The van der Waals surface area contributed by atoms with E-state index >= 15 is 19.2 Å². The third-order valence-electron chi connectivity index (χ3n) is 18.3. The molecule has 0 saturated carbocycles. The number of carbonyl (C=O) groups is 13. The summed E-state index contributed by atoms with van der Waals surface area (Å²) < 4.78 is 15.8. The number of amides is 12. The number of esters is 1. The second-order valence-electron chi connectivity index (χ2n) is 29.6. The first-order chi connectivity index (χ1) is 45.1. The first kappa shape index (κ1) is 86.5.